The molecule has 0 unspecified atom stereocenters. The Kier molecular flexibility index (Phi) is 6.28. The van der Waals surface area contributed by atoms with Crippen molar-refractivity contribution in [2.45, 2.75) is 55.4 Å². The highest BCUT2D eigenvalue weighted by Crippen LogP contribution is 2.66. The second-order valence-electron chi connectivity index (χ2n) is 13.2. The Balaban J connectivity index is 1.13. The number of nitrogens with one attached hydrogen (secondary N) is 2. The molecule has 14 heteroatoms. The van der Waals surface area contributed by atoms with Crippen LogP contribution in [0.4, 0.5) is 20.4 Å². The lowest BCUT2D eigenvalue weighted by atomic mass is 9.45. The van der Waals surface area contributed by atoms with Gasteiger partial charge in [-0.15, -0.1) is 11.3 Å². The fourth-order valence-corrected chi connectivity index (χ4v) is 12.4. The highest BCUT2D eigenvalue weighted by Gasteiger charge is 2.59. The maximum atomic E-state index is 16.2. The summed E-state index contributed by atoms with van der Waals surface area (Å²) in [5, 5.41) is 4.23. The lowest BCUT2D eigenvalue weighted by Crippen LogP contribution is -2.60. The van der Waals surface area contributed by atoms with Gasteiger partial charge in [-0.25, -0.2) is 40.6 Å². The zero-order valence-electron chi connectivity index (χ0n) is 24.2. The Labute approximate surface area is 263 Å². The number of hydrogen-bond donors (Lipinski definition) is 2. The topological polar surface area (TPSA) is 131 Å². The average molecular weight is 670 g/mol. The summed E-state index contributed by atoms with van der Waals surface area (Å²) >= 11 is 1.47. The van der Waals surface area contributed by atoms with Gasteiger partial charge in [-0.05, 0) is 74.8 Å². The van der Waals surface area contributed by atoms with Gasteiger partial charge in [0.15, 0.2) is 15.7 Å². The quantitative estimate of drug-likeness (QED) is 0.245. The second kappa shape index (κ2) is 9.76. The molecule has 2 N–H and O–H groups in total. The third kappa shape index (κ3) is 4.75. The summed E-state index contributed by atoms with van der Waals surface area (Å²) in [7, 11) is -7.35. The van der Waals surface area contributed by atoms with Crippen molar-refractivity contribution in [1.29, 1.82) is 0 Å². The van der Waals surface area contributed by atoms with Crippen molar-refractivity contribution < 1.29 is 25.6 Å². The van der Waals surface area contributed by atoms with Gasteiger partial charge in [-0.3, -0.25) is 4.72 Å². The van der Waals surface area contributed by atoms with Crippen molar-refractivity contribution in [3.63, 3.8) is 0 Å². The van der Waals surface area contributed by atoms with Crippen LogP contribution < -0.4 is 10.0 Å². The first kappa shape index (κ1) is 28.9. The number of aryl methyl sites for hydroxylation is 1. The number of sulfone groups is 1. The first-order valence-electron chi connectivity index (χ1n) is 14.7. The fraction of sp³-hybridized carbons (Fsp3) is 0.387. The molecule has 45 heavy (non-hydrogen) atoms. The molecule has 3 heterocycles. The van der Waals surface area contributed by atoms with Gasteiger partial charge in [-0.1, -0.05) is 18.2 Å². The molecule has 4 aromatic rings. The van der Waals surface area contributed by atoms with E-state index < -0.39 is 36.4 Å². The number of nitrogens with zero attached hydrogens (tertiary/aromatic N) is 3. The van der Waals surface area contributed by atoms with Crippen LogP contribution in [-0.4, -0.2) is 49.3 Å². The summed E-state index contributed by atoms with van der Waals surface area (Å²) in [6.45, 7) is 1.48. The van der Waals surface area contributed by atoms with E-state index in [0.29, 0.717) is 28.1 Å². The largest absolute Gasteiger partial charge is 0.351 e. The smallest absolute Gasteiger partial charge is 0.265 e. The lowest BCUT2D eigenvalue weighted by molar-refractivity contribution is -0.0274. The van der Waals surface area contributed by atoms with E-state index >= 15 is 4.39 Å². The Bertz CT molecular complexity index is 2060. The third-order valence-corrected chi connectivity index (χ3v) is 14.7. The molecule has 1 spiro atoms. The second-order valence-corrected chi connectivity index (χ2v) is 17.8. The first-order valence-corrected chi connectivity index (χ1v) is 18.9. The Morgan fingerprint density at radius 3 is 2.38 bits per heavy atom. The number of benzene rings is 2. The van der Waals surface area contributed by atoms with E-state index in [2.05, 4.69) is 15.0 Å². The van der Waals surface area contributed by atoms with Crippen LogP contribution in [0.1, 0.15) is 42.7 Å². The Morgan fingerprint density at radius 1 is 0.978 bits per heavy atom. The number of thiazole rings is 1. The first-order chi connectivity index (χ1) is 21.3. The third-order valence-electron chi connectivity index (χ3n) is 9.68. The van der Waals surface area contributed by atoms with Gasteiger partial charge in [0, 0.05) is 28.6 Å². The molecule has 4 saturated carbocycles. The SMILES string of the molecule is Cc1cccc(F)c1S(=O)(=O)Nc1cccc(-c2nc(C34CC(C3)C4)sc2-c2ccnc(NC3CC4(C3)CS(=O)(=O)C4)n2)c1F. The van der Waals surface area contributed by atoms with E-state index in [1.165, 1.54) is 42.5 Å². The molecule has 0 amide bonds. The number of hydrogen-bond acceptors (Lipinski definition) is 9. The van der Waals surface area contributed by atoms with E-state index in [4.69, 9.17) is 9.97 Å². The highest BCUT2D eigenvalue weighted by atomic mass is 32.2. The van der Waals surface area contributed by atoms with Gasteiger partial charge in [-0.2, -0.15) is 0 Å². The van der Waals surface area contributed by atoms with E-state index in [-0.39, 0.29) is 45.2 Å². The molecule has 1 aliphatic heterocycles. The average Bonchev–Trinajstić information content (AvgIpc) is 3.30. The van der Waals surface area contributed by atoms with Crippen molar-refractivity contribution in [3.8, 4) is 21.8 Å². The van der Waals surface area contributed by atoms with Crippen molar-refractivity contribution in [1.82, 2.24) is 15.0 Å². The number of aromatic nitrogens is 3. The van der Waals surface area contributed by atoms with Crippen LogP contribution in [0.15, 0.2) is 53.6 Å². The zero-order valence-corrected chi connectivity index (χ0v) is 26.6. The van der Waals surface area contributed by atoms with Crippen molar-refractivity contribution >= 4 is 42.8 Å². The maximum absolute atomic E-state index is 16.2. The number of sulfonamides is 1. The molecule has 9 nitrogen and oxygen atoms in total. The molecule has 4 aliphatic carbocycles. The minimum Gasteiger partial charge on any atom is -0.351 e. The van der Waals surface area contributed by atoms with Crippen LogP contribution in [0.5, 0.6) is 0 Å². The molecule has 5 fully saturated rings. The summed E-state index contributed by atoms with van der Waals surface area (Å²) in [4.78, 5) is 14.2. The van der Waals surface area contributed by atoms with E-state index in [9.17, 15) is 21.2 Å². The van der Waals surface area contributed by atoms with Gasteiger partial charge < -0.3 is 5.32 Å². The molecule has 2 aromatic carbocycles. The van der Waals surface area contributed by atoms with Crippen LogP contribution >= 0.6 is 11.3 Å². The molecular weight excluding hydrogens is 641 g/mol. The van der Waals surface area contributed by atoms with Crippen LogP contribution in [-0.2, 0) is 25.3 Å². The minimum atomic E-state index is -4.44. The fourth-order valence-electron chi connectivity index (χ4n) is 7.54. The van der Waals surface area contributed by atoms with Gasteiger partial charge in [0.05, 0.1) is 33.5 Å². The zero-order chi connectivity index (χ0) is 31.4. The molecular formula is C31H29F2N5O4S3. The molecule has 0 radical (unpaired) electrons. The van der Waals surface area contributed by atoms with Gasteiger partial charge in [0.2, 0.25) is 5.95 Å². The predicted octanol–water partition coefficient (Wildman–Crippen LogP) is 5.70. The summed E-state index contributed by atoms with van der Waals surface area (Å²) in [5.41, 5.74) is 0.737. The van der Waals surface area contributed by atoms with Crippen molar-refractivity contribution in [3.05, 3.63) is 70.9 Å². The molecule has 2 aromatic heterocycles. The number of anilines is 2. The van der Waals surface area contributed by atoms with Gasteiger partial charge in [0.25, 0.3) is 10.0 Å². The highest BCUT2D eigenvalue weighted by molar-refractivity contribution is 7.93. The van der Waals surface area contributed by atoms with Crippen LogP contribution in [0.2, 0.25) is 0 Å². The maximum Gasteiger partial charge on any atom is 0.265 e. The summed E-state index contributed by atoms with van der Waals surface area (Å²) in [6.07, 6.45) is 6.21. The van der Waals surface area contributed by atoms with Gasteiger partial charge in [0.1, 0.15) is 15.7 Å². The Hall–Kier alpha value is -3.49. The molecule has 234 valence electrons. The molecule has 5 aliphatic rings. The monoisotopic (exact) mass is 669 g/mol. The van der Waals surface area contributed by atoms with E-state index in [0.717, 1.165) is 43.2 Å². The van der Waals surface area contributed by atoms with Gasteiger partial charge >= 0.3 is 0 Å². The Morgan fingerprint density at radius 2 is 1.71 bits per heavy atom. The van der Waals surface area contributed by atoms with Crippen molar-refractivity contribution in [2.75, 3.05) is 21.5 Å². The summed E-state index contributed by atoms with van der Waals surface area (Å²) in [5.74, 6) is -0.197. The van der Waals surface area contributed by atoms with E-state index in [1.807, 2.05) is 0 Å². The van der Waals surface area contributed by atoms with E-state index in [1.54, 1.807) is 18.3 Å². The number of rotatable bonds is 8. The number of halogens is 2. The molecule has 2 bridgehead atoms. The summed E-state index contributed by atoms with van der Waals surface area (Å²) in [6, 6.07) is 10.1. The van der Waals surface area contributed by atoms with Crippen molar-refractivity contribution in [2.24, 2.45) is 11.3 Å². The predicted molar refractivity (Wildman–Crippen MR) is 167 cm³/mol. The van der Waals surface area contributed by atoms with Crippen LogP contribution in [0.3, 0.4) is 0 Å². The molecule has 0 atom stereocenters. The molecule has 9 rings (SSSR count). The minimum absolute atomic E-state index is 0.0160. The molecule has 1 saturated heterocycles. The van der Waals surface area contributed by atoms with Crippen LogP contribution in [0.25, 0.3) is 21.8 Å². The lowest BCUT2D eigenvalue weighted by Gasteiger charge is -2.60. The normalized spacial score (nSPS) is 24.2. The van der Waals surface area contributed by atoms with Crippen LogP contribution in [0, 0.1) is 29.9 Å². The summed E-state index contributed by atoms with van der Waals surface area (Å²) < 4.78 is 82.8. The standard InChI is InChI=1S/C31H29F2N5O4S3/c1-17-4-2-6-21(32)27(17)45(41,42)38-22-7-3-5-20(24(22)33)25-26(43-28(37-25)31-10-18(11-31)12-31)23-8-9-34-29(36-23)35-19-13-30(14-19)15-44(39,40)16-30/h2-9,18-19,38H,10-16H2,1H3,(H,34,35,36).